The maximum Gasteiger partial charge on any atom is 0.165 e. The van der Waals surface area contributed by atoms with Crippen molar-refractivity contribution in [2.75, 3.05) is 20.7 Å². The van der Waals surface area contributed by atoms with Gasteiger partial charge >= 0.3 is 0 Å². The third kappa shape index (κ3) is 1.36. The zero-order valence-corrected chi connectivity index (χ0v) is 13.2. The first-order valence-electron chi connectivity index (χ1n) is 8.40. The molecule has 0 amide bonds. The SMILES string of the molecule is COc1ccc2c3c1OC1C(O)CCC4(CCN(C)C4C2)C31. The fourth-order valence-corrected chi connectivity index (χ4v) is 5.81. The van der Waals surface area contributed by atoms with E-state index in [1.165, 1.54) is 17.5 Å². The van der Waals surface area contributed by atoms with Crippen molar-refractivity contribution >= 4 is 0 Å². The van der Waals surface area contributed by atoms with Crippen molar-refractivity contribution in [1.82, 2.24) is 4.90 Å². The van der Waals surface area contributed by atoms with Crippen LogP contribution in [-0.4, -0.2) is 49.0 Å². The Morgan fingerprint density at radius 3 is 3.05 bits per heavy atom. The molecule has 1 aromatic carbocycles. The van der Waals surface area contributed by atoms with Crippen LogP contribution in [0.15, 0.2) is 12.1 Å². The molecule has 22 heavy (non-hydrogen) atoms. The molecule has 5 atom stereocenters. The number of rotatable bonds is 1. The standard InChI is InChI=1S/C18H23NO3/c1-19-8-7-18-6-5-11(20)16-15(18)14-10(9-13(18)19)3-4-12(21-2)17(14)22-16/h3-4,11,13,15-16,20H,5-9H2,1-2H3. The molecule has 5 rings (SSSR count). The fraction of sp³-hybridized carbons (Fsp3) is 0.667. The molecule has 2 heterocycles. The second-order valence-corrected chi connectivity index (χ2v) is 7.52. The normalized spacial score (nSPS) is 41.8. The van der Waals surface area contributed by atoms with Crippen LogP contribution < -0.4 is 9.47 Å². The Bertz CT molecular complexity index is 645. The molecule has 1 aromatic rings. The number of methoxy groups -OCH3 is 1. The highest BCUT2D eigenvalue weighted by atomic mass is 16.5. The number of likely N-dealkylation sites (tertiary alicyclic amines) is 1. The average molecular weight is 301 g/mol. The molecule has 2 aliphatic heterocycles. The van der Waals surface area contributed by atoms with Gasteiger partial charge in [0.2, 0.25) is 0 Å². The number of likely N-dealkylation sites (N-methyl/N-ethyl adjacent to an activating group) is 1. The van der Waals surface area contributed by atoms with Gasteiger partial charge in [0, 0.05) is 17.5 Å². The highest BCUT2D eigenvalue weighted by molar-refractivity contribution is 5.59. The minimum Gasteiger partial charge on any atom is -0.493 e. The van der Waals surface area contributed by atoms with Gasteiger partial charge in [-0.15, -0.1) is 0 Å². The summed E-state index contributed by atoms with van der Waals surface area (Å²) in [6, 6.07) is 4.82. The van der Waals surface area contributed by atoms with Crippen molar-refractivity contribution in [3.8, 4) is 11.5 Å². The summed E-state index contributed by atoms with van der Waals surface area (Å²) in [5, 5.41) is 10.6. The number of aliphatic hydroxyl groups excluding tert-OH is 1. The Morgan fingerprint density at radius 1 is 1.36 bits per heavy atom. The highest BCUT2D eigenvalue weighted by Crippen LogP contribution is 2.65. The predicted octanol–water partition coefficient (Wildman–Crippen LogP) is 1.94. The van der Waals surface area contributed by atoms with E-state index < -0.39 is 0 Å². The minimum absolute atomic E-state index is 0.0897. The third-order valence-electron chi connectivity index (χ3n) is 6.81. The van der Waals surface area contributed by atoms with Crippen molar-refractivity contribution in [2.24, 2.45) is 5.41 Å². The molecule has 4 heteroatoms. The Morgan fingerprint density at radius 2 is 2.23 bits per heavy atom. The van der Waals surface area contributed by atoms with Crippen LogP contribution >= 0.6 is 0 Å². The summed E-state index contributed by atoms with van der Waals surface area (Å²) in [6.07, 6.45) is 3.85. The second-order valence-electron chi connectivity index (χ2n) is 7.52. The van der Waals surface area contributed by atoms with Crippen LogP contribution in [0.1, 0.15) is 36.3 Å². The molecule has 118 valence electrons. The number of hydrogen-bond donors (Lipinski definition) is 1. The lowest BCUT2D eigenvalue weighted by Gasteiger charge is -2.51. The summed E-state index contributed by atoms with van der Waals surface area (Å²) in [6.45, 7) is 1.16. The average Bonchev–Trinajstić information content (AvgIpc) is 3.08. The lowest BCUT2D eigenvalue weighted by Crippen LogP contribution is -2.55. The molecule has 0 radical (unpaired) electrons. The fourth-order valence-electron chi connectivity index (χ4n) is 5.81. The third-order valence-corrected chi connectivity index (χ3v) is 6.81. The number of nitrogens with zero attached hydrogens (tertiary/aromatic N) is 1. The number of aliphatic hydroxyl groups is 1. The quantitative estimate of drug-likeness (QED) is 0.861. The van der Waals surface area contributed by atoms with Gasteiger partial charge in [-0.25, -0.2) is 0 Å². The van der Waals surface area contributed by atoms with E-state index in [1.807, 2.05) is 6.07 Å². The summed E-state index contributed by atoms with van der Waals surface area (Å²) in [7, 11) is 3.95. The van der Waals surface area contributed by atoms with Gasteiger partial charge in [0.15, 0.2) is 11.5 Å². The minimum atomic E-state index is -0.356. The molecule has 4 nitrogen and oxygen atoms in total. The lowest BCUT2D eigenvalue weighted by molar-refractivity contribution is -0.0574. The van der Waals surface area contributed by atoms with Gasteiger partial charge in [-0.2, -0.15) is 0 Å². The smallest absolute Gasteiger partial charge is 0.165 e. The zero-order chi connectivity index (χ0) is 15.1. The molecular formula is C18H23NO3. The Labute approximate surface area is 131 Å². The molecule has 2 aliphatic carbocycles. The molecule has 0 aromatic heterocycles. The molecule has 4 aliphatic rings. The number of ether oxygens (including phenoxy) is 2. The second kappa shape index (κ2) is 4.18. The maximum atomic E-state index is 10.6. The van der Waals surface area contributed by atoms with E-state index in [4.69, 9.17) is 9.47 Å². The van der Waals surface area contributed by atoms with Crippen LogP contribution in [0.2, 0.25) is 0 Å². The molecular weight excluding hydrogens is 278 g/mol. The first kappa shape index (κ1) is 13.2. The van der Waals surface area contributed by atoms with Gasteiger partial charge in [0.25, 0.3) is 0 Å². The number of hydrogen-bond acceptors (Lipinski definition) is 4. The Balaban J connectivity index is 1.75. The van der Waals surface area contributed by atoms with Crippen LogP contribution in [0, 0.1) is 5.41 Å². The summed E-state index contributed by atoms with van der Waals surface area (Å²) in [5.74, 6) is 2.06. The highest BCUT2D eigenvalue weighted by Gasteiger charge is 2.63. The lowest BCUT2D eigenvalue weighted by atomic mass is 9.54. The topological polar surface area (TPSA) is 41.9 Å². The monoisotopic (exact) mass is 301 g/mol. The van der Waals surface area contributed by atoms with E-state index in [0.717, 1.165) is 37.3 Å². The maximum absolute atomic E-state index is 10.6. The predicted molar refractivity (Wildman–Crippen MR) is 82.6 cm³/mol. The van der Waals surface area contributed by atoms with E-state index in [2.05, 4.69) is 18.0 Å². The molecule has 1 saturated heterocycles. The zero-order valence-electron chi connectivity index (χ0n) is 13.2. The van der Waals surface area contributed by atoms with E-state index in [1.54, 1.807) is 7.11 Å². The summed E-state index contributed by atoms with van der Waals surface area (Å²) >= 11 is 0. The van der Waals surface area contributed by atoms with Crippen LogP contribution in [0.5, 0.6) is 11.5 Å². The van der Waals surface area contributed by atoms with Gasteiger partial charge in [-0.3, -0.25) is 0 Å². The van der Waals surface area contributed by atoms with Crippen molar-refractivity contribution in [1.29, 1.82) is 0 Å². The molecule has 2 fully saturated rings. The molecule has 1 N–H and O–H groups in total. The van der Waals surface area contributed by atoms with Gasteiger partial charge < -0.3 is 19.5 Å². The van der Waals surface area contributed by atoms with Gasteiger partial charge in [0.1, 0.15) is 6.10 Å². The van der Waals surface area contributed by atoms with Crippen LogP contribution in [0.4, 0.5) is 0 Å². The van der Waals surface area contributed by atoms with E-state index in [9.17, 15) is 5.11 Å². The molecule has 1 saturated carbocycles. The molecule has 0 bridgehead atoms. The molecule has 1 spiro atoms. The first-order valence-corrected chi connectivity index (χ1v) is 8.40. The summed E-state index contributed by atoms with van der Waals surface area (Å²) < 4.78 is 11.8. The van der Waals surface area contributed by atoms with Crippen LogP contribution in [0.3, 0.4) is 0 Å². The van der Waals surface area contributed by atoms with Crippen molar-refractivity contribution < 1.29 is 14.6 Å². The van der Waals surface area contributed by atoms with Crippen molar-refractivity contribution in [3.05, 3.63) is 23.3 Å². The van der Waals surface area contributed by atoms with Gasteiger partial charge in [-0.1, -0.05) is 6.07 Å². The largest absolute Gasteiger partial charge is 0.493 e. The molecule has 5 unspecified atom stereocenters. The summed E-state index contributed by atoms with van der Waals surface area (Å²) in [4.78, 5) is 2.53. The van der Waals surface area contributed by atoms with E-state index in [0.29, 0.717) is 12.0 Å². The summed E-state index contributed by atoms with van der Waals surface area (Å²) in [5.41, 5.74) is 3.02. The van der Waals surface area contributed by atoms with Crippen molar-refractivity contribution in [2.45, 2.75) is 49.9 Å². The van der Waals surface area contributed by atoms with Gasteiger partial charge in [0.05, 0.1) is 13.2 Å². The number of benzene rings is 1. The Kier molecular flexibility index (Phi) is 2.51. The first-order chi connectivity index (χ1) is 10.7. The van der Waals surface area contributed by atoms with Crippen LogP contribution in [0.25, 0.3) is 0 Å². The van der Waals surface area contributed by atoms with E-state index in [-0.39, 0.29) is 17.6 Å². The van der Waals surface area contributed by atoms with Crippen LogP contribution in [-0.2, 0) is 6.42 Å². The Hall–Kier alpha value is -1.26. The van der Waals surface area contributed by atoms with Gasteiger partial charge in [-0.05, 0) is 56.3 Å². The van der Waals surface area contributed by atoms with Crippen molar-refractivity contribution in [3.63, 3.8) is 0 Å². The van der Waals surface area contributed by atoms with E-state index >= 15 is 0 Å².